The second-order valence-corrected chi connectivity index (χ2v) is 8.57. The summed E-state index contributed by atoms with van der Waals surface area (Å²) in [4.78, 5) is 0. The summed E-state index contributed by atoms with van der Waals surface area (Å²) in [5, 5.41) is 9.86. The summed E-state index contributed by atoms with van der Waals surface area (Å²) in [5.41, 5.74) is 3.14. The molecule has 4 rings (SSSR count). The Balaban J connectivity index is 1.72. The summed E-state index contributed by atoms with van der Waals surface area (Å²) in [5.74, 6) is 3.18. The highest BCUT2D eigenvalue weighted by Gasteiger charge is 2.17. The lowest BCUT2D eigenvalue weighted by Gasteiger charge is -2.12. The molecule has 5 nitrogen and oxygen atoms in total. The third-order valence-corrected chi connectivity index (χ3v) is 6.18. The minimum atomic E-state index is 0.634. The van der Waals surface area contributed by atoms with Crippen molar-refractivity contribution >= 4 is 27.7 Å². The Morgan fingerprint density at radius 2 is 1.71 bits per heavy atom. The van der Waals surface area contributed by atoms with Gasteiger partial charge in [0.2, 0.25) is 0 Å². The van der Waals surface area contributed by atoms with Crippen LogP contribution in [0.3, 0.4) is 0 Å². The van der Waals surface area contributed by atoms with E-state index in [1.54, 1.807) is 18.9 Å². The molecule has 0 saturated carbocycles. The molecule has 0 atom stereocenters. The quantitative estimate of drug-likeness (QED) is 0.265. The summed E-state index contributed by atoms with van der Waals surface area (Å²) in [6.07, 6.45) is 0. The van der Waals surface area contributed by atoms with E-state index >= 15 is 0 Å². The van der Waals surface area contributed by atoms with Crippen LogP contribution in [-0.2, 0) is 5.75 Å². The van der Waals surface area contributed by atoms with Crippen molar-refractivity contribution in [1.29, 1.82) is 0 Å². The number of rotatable bonds is 8. The minimum Gasteiger partial charge on any atom is -0.497 e. The van der Waals surface area contributed by atoms with Crippen molar-refractivity contribution in [3.8, 4) is 28.6 Å². The van der Waals surface area contributed by atoms with Crippen molar-refractivity contribution < 1.29 is 9.47 Å². The SMILES string of the molecule is CCOc1ccc(-n2c(SCc3ccc(Br)cc3)nnc2-c2cccc(OC)c2)cc1. The topological polar surface area (TPSA) is 49.2 Å². The van der Waals surface area contributed by atoms with Crippen LogP contribution in [0.2, 0.25) is 0 Å². The lowest BCUT2D eigenvalue weighted by atomic mass is 10.2. The van der Waals surface area contributed by atoms with Gasteiger partial charge in [-0.2, -0.15) is 0 Å². The van der Waals surface area contributed by atoms with Crippen LogP contribution >= 0.6 is 27.7 Å². The van der Waals surface area contributed by atoms with Crippen LogP contribution in [0, 0.1) is 0 Å². The Morgan fingerprint density at radius 1 is 0.935 bits per heavy atom. The molecule has 0 aliphatic carbocycles. The van der Waals surface area contributed by atoms with Gasteiger partial charge in [-0.1, -0.05) is 52.0 Å². The van der Waals surface area contributed by atoms with E-state index in [1.165, 1.54) is 5.56 Å². The van der Waals surface area contributed by atoms with Gasteiger partial charge in [-0.15, -0.1) is 10.2 Å². The molecule has 31 heavy (non-hydrogen) atoms. The number of thioether (sulfide) groups is 1. The number of hydrogen-bond donors (Lipinski definition) is 0. The summed E-state index contributed by atoms with van der Waals surface area (Å²) in [7, 11) is 1.66. The molecule has 1 aromatic heterocycles. The molecule has 0 fully saturated rings. The van der Waals surface area contributed by atoms with Gasteiger partial charge in [-0.3, -0.25) is 4.57 Å². The third-order valence-electron chi connectivity index (χ3n) is 4.65. The fraction of sp³-hybridized carbons (Fsp3) is 0.167. The van der Waals surface area contributed by atoms with Gasteiger partial charge in [0.05, 0.1) is 13.7 Å². The van der Waals surface area contributed by atoms with Gasteiger partial charge < -0.3 is 9.47 Å². The lowest BCUT2D eigenvalue weighted by Crippen LogP contribution is -2.00. The summed E-state index contributed by atoms with van der Waals surface area (Å²) in [6, 6.07) is 24.2. The maximum Gasteiger partial charge on any atom is 0.196 e. The number of benzene rings is 3. The summed E-state index contributed by atoms with van der Waals surface area (Å²) in [6.45, 7) is 2.61. The molecule has 3 aromatic carbocycles. The molecule has 0 bridgehead atoms. The Morgan fingerprint density at radius 3 is 2.42 bits per heavy atom. The fourth-order valence-corrected chi connectivity index (χ4v) is 4.30. The van der Waals surface area contributed by atoms with Crippen LogP contribution in [0.4, 0.5) is 0 Å². The smallest absolute Gasteiger partial charge is 0.196 e. The molecular formula is C24H22BrN3O2S. The van der Waals surface area contributed by atoms with Crippen molar-refractivity contribution in [2.45, 2.75) is 17.8 Å². The average Bonchev–Trinajstić information content (AvgIpc) is 3.23. The number of hydrogen-bond acceptors (Lipinski definition) is 5. The van der Waals surface area contributed by atoms with E-state index in [0.717, 1.165) is 44.0 Å². The molecule has 4 aromatic rings. The largest absolute Gasteiger partial charge is 0.497 e. The van der Waals surface area contributed by atoms with E-state index in [0.29, 0.717) is 6.61 Å². The maximum atomic E-state index is 5.60. The molecule has 1 heterocycles. The second-order valence-electron chi connectivity index (χ2n) is 6.72. The fourth-order valence-electron chi connectivity index (χ4n) is 3.13. The molecular weight excluding hydrogens is 474 g/mol. The molecule has 0 N–H and O–H groups in total. The highest BCUT2D eigenvalue weighted by molar-refractivity contribution is 9.10. The predicted molar refractivity (Wildman–Crippen MR) is 128 cm³/mol. The number of aromatic nitrogens is 3. The van der Waals surface area contributed by atoms with E-state index in [2.05, 4.69) is 55.0 Å². The van der Waals surface area contributed by atoms with Gasteiger partial charge in [0.25, 0.3) is 0 Å². The number of ether oxygens (including phenoxy) is 2. The standard InChI is InChI=1S/C24H22BrN3O2S/c1-3-30-21-13-11-20(12-14-21)28-23(18-5-4-6-22(15-18)29-2)26-27-24(28)31-16-17-7-9-19(25)10-8-17/h4-15H,3,16H2,1-2H3. The van der Waals surface area contributed by atoms with Gasteiger partial charge in [0.1, 0.15) is 11.5 Å². The predicted octanol–water partition coefficient (Wildman–Crippen LogP) is 6.40. The summed E-state index contributed by atoms with van der Waals surface area (Å²) < 4.78 is 14.2. The molecule has 0 radical (unpaired) electrons. The average molecular weight is 496 g/mol. The van der Waals surface area contributed by atoms with Crippen molar-refractivity contribution in [3.63, 3.8) is 0 Å². The maximum absolute atomic E-state index is 5.60. The zero-order valence-corrected chi connectivity index (χ0v) is 19.7. The van der Waals surface area contributed by atoms with Gasteiger partial charge in [-0.25, -0.2) is 0 Å². The second kappa shape index (κ2) is 10.0. The van der Waals surface area contributed by atoms with E-state index < -0.39 is 0 Å². The number of halogens is 1. The lowest BCUT2D eigenvalue weighted by molar-refractivity contribution is 0.340. The van der Waals surface area contributed by atoms with Crippen molar-refractivity contribution in [3.05, 3.63) is 82.8 Å². The Hall–Kier alpha value is -2.77. The first-order valence-corrected chi connectivity index (χ1v) is 11.7. The van der Waals surface area contributed by atoms with Crippen molar-refractivity contribution in [1.82, 2.24) is 14.8 Å². The normalized spacial score (nSPS) is 10.8. The molecule has 0 spiro atoms. The molecule has 0 amide bonds. The Labute approximate surface area is 194 Å². The van der Waals surface area contributed by atoms with Gasteiger partial charge in [0.15, 0.2) is 11.0 Å². The van der Waals surface area contributed by atoms with E-state index in [1.807, 2.05) is 55.5 Å². The van der Waals surface area contributed by atoms with Crippen LogP contribution in [0.15, 0.2) is 82.4 Å². The van der Waals surface area contributed by atoms with E-state index in [9.17, 15) is 0 Å². The molecule has 0 aliphatic rings. The first-order valence-electron chi connectivity index (χ1n) is 9.88. The molecule has 7 heteroatoms. The highest BCUT2D eigenvalue weighted by Crippen LogP contribution is 2.32. The molecule has 0 unspecified atom stereocenters. The van der Waals surface area contributed by atoms with Crippen LogP contribution in [0.25, 0.3) is 17.1 Å². The van der Waals surface area contributed by atoms with Crippen LogP contribution < -0.4 is 9.47 Å². The molecule has 0 aliphatic heterocycles. The van der Waals surface area contributed by atoms with E-state index in [-0.39, 0.29) is 0 Å². The number of methoxy groups -OCH3 is 1. The Bertz CT molecular complexity index is 1140. The van der Waals surface area contributed by atoms with E-state index in [4.69, 9.17) is 9.47 Å². The first-order chi connectivity index (χ1) is 15.2. The molecule has 0 saturated heterocycles. The minimum absolute atomic E-state index is 0.634. The zero-order valence-electron chi connectivity index (χ0n) is 17.3. The monoisotopic (exact) mass is 495 g/mol. The van der Waals surface area contributed by atoms with Crippen molar-refractivity contribution in [2.24, 2.45) is 0 Å². The van der Waals surface area contributed by atoms with Crippen molar-refractivity contribution in [2.75, 3.05) is 13.7 Å². The third kappa shape index (κ3) is 5.11. The summed E-state index contributed by atoms with van der Waals surface area (Å²) >= 11 is 5.14. The van der Waals surface area contributed by atoms with Gasteiger partial charge >= 0.3 is 0 Å². The first kappa shape index (κ1) is 21.5. The van der Waals surface area contributed by atoms with Crippen LogP contribution in [-0.4, -0.2) is 28.5 Å². The molecule has 158 valence electrons. The van der Waals surface area contributed by atoms with Crippen LogP contribution in [0.5, 0.6) is 11.5 Å². The van der Waals surface area contributed by atoms with Gasteiger partial charge in [-0.05, 0) is 61.0 Å². The zero-order chi connectivity index (χ0) is 21.6. The highest BCUT2D eigenvalue weighted by atomic mass is 79.9. The van der Waals surface area contributed by atoms with Gasteiger partial charge in [0, 0.05) is 21.5 Å². The number of nitrogens with zero attached hydrogens (tertiary/aromatic N) is 3. The Kier molecular flexibility index (Phi) is 6.94. The van der Waals surface area contributed by atoms with Crippen LogP contribution in [0.1, 0.15) is 12.5 Å².